The van der Waals surface area contributed by atoms with Crippen LogP contribution < -0.4 is 10.6 Å². The van der Waals surface area contributed by atoms with Gasteiger partial charge in [-0.05, 0) is 0 Å². The minimum atomic E-state index is -1.19. The molecule has 112 valence electrons. The van der Waals surface area contributed by atoms with E-state index in [9.17, 15) is 15.0 Å². The number of nitrogens with zero attached hydrogens (tertiary/aromatic N) is 6. The predicted molar refractivity (Wildman–Crippen MR) is 69.8 cm³/mol. The Morgan fingerprint density at radius 1 is 1.33 bits per heavy atom. The fourth-order valence-corrected chi connectivity index (χ4v) is 2.91. The van der Waals surface area contributed by atoms with Crippen molar-refractivity contribution in [1.29, 1.82) is 0 Å². The summed E-state index contributed by atoms with van der Waals surface area (Å²) in [5.41, 5.74) is 0.322. The van der Waals surface area contributed by atoms with Crippen molar-refractivity contribution < 1.29 is 14.9 Å². The molecule has 0 aliphatic carbocycles. The van der Waals surface area contributed by atoms with E-state index in [4.69, 9.17) is 4.74 Å². The number of hydrogen-bond donors (Lipinski definition) is 2. The van der Waals surface area contributed by atoms with Gasteiger partial charge in [-0.25, -0.2) is 14.0 Å². The van der Waals surface area contributed by atoms with Crippen LogP contribution in [0.1, 0.15) is 6.23 Å². The molecular formula is C11H14N6O4. The van der Waals surface area contributed by atoms with Crippen LogP contribution in [0.5, 0.6) is 0 Å². The van der Waals surface area contributed by atoms with E-state index in [0.29, 0.717) is 17.0 Å². The molecule has 1 fully saturated rings. The van der Waals surface area contributed by atoms with Gasteiger partial charge < -0.3 is 19.8 Å². The van der Waals surface area contributed by atoms with Crippen molar-refractivity contribution in [3.63, 3.8) is 0 Å². The van der Waals surface area contributed by atoms with Crippen LogP contribution >= 0.6 is 0 Å². The lowest BCUT2D eigenvalue weighted by atomic mass is 10.1. The van der Waals surface area contributed by atoms with Crippen molar-refractivity contribution in [2.75, 3.05) is 19.0 Å². The van der Waals surface area contributed by atoms with Crippen molar-refractivity contribution in [1.82, 2.24) is 24.5 Å². The molecule has 0 spiro atoms. The third-order valence-corrected chi connectivity index (χ3v) is 3.92. The Hall–Kier alpha value is -2.04. The van der Waals surface area contributed by atoms with Crippen molar-refractivity contribution in [2.45, 2.75) is 31.1 Å². The number of aromatic nitrogens is 5. The van der Waals surface area contributed by atoms with E-state index in [1.54, 1.807) is 19.0 Å². The molecule has 1 saturated heterocycles. The van der Waals surface area contributed by atoms with Crippen LogP contribution in [0, 0.1) is 0 Å². The highest BCUT2D eigenvalue weighted by Gasteiger charge is 2.47. The molecule has 0 radical (unpaired) electrons. The van der Waals surface area contributed by atoms with E-state index in [1.165, 1.54) is 9.25 Å². The number of aliphatic hydroxyl groups excluding tert-OH is 2. The third-order valence-electron chi connectivity index (χ3n) is 3.92. The first-order chi connectivity index (χ1) is 9.99. The molecule has 2 aliphatic rings. The van der Waals surface area contributed by atoms with Gasteiger partial charge in [0.05, 0.1) is 6.54 Å². The van der Waals surface area contributed by atoms with Gasteiger partial charge in [0.2, 0.25) is 0 Å². The lowest BCUT2D eigenvalue weighted by molar-refractivity contribution is -0.0357. The zero-order valence-corrected chi connectivity index (χ0v) is 11.4. The maximum atomic E-state index is 12.3. The minimum absolute atomic E-state index is 0.210. The Morgan fingerprint density at radius 3 is 2.81 bits per heavy atom. The van der Waals surface area contributed by atoms with Gasteiger partial charge in [0.1, 0.15) is 18.3 Å². The molecule has 21 heavy (non-hydrogen) atoms. The average Bonchev–Trinajstić information content (AvgIpc) is 2.89. The number of aliphatic hydroxyl groups is 2. The zero-order chi connectivity index (χ0) is 14.9. The van der Waals surface area contributed by atoms with Gasteiger partial charge in [0.25, 0.3) is 0 Å². The van der Waals surface area contributed by atoms with Gasteiger partial charge in [-0.3, -0.25) is 0 Å². The summed E-state index contributed by atoms with van der Waals surface area (Å²) in [4.78, 5) is 18.0. The summed E-state index contributed by atoms with van der Waals surface area (Å²) in [5, 5.41) is 28.1. The highest BCUT2D eigenvalue weighted by molar-refractivity contribution is 5.83. The summed E-state index contributed by atoms with van der Waals surface area (Å²) in [7, 11) is 3.51. The molecule has 2 bridgehead atoms. The highest BCUT2D eigenvalue weighted by Crippen LogP contribution is 2.35. The van der Waals surface area contributed by atoms with Crippen molar-refractivity contribution in [3.05, 3.63) is 10.5 Å². The van der Waals surface area contributed by atoms with Crippen LogP contribution in [0.3, 0.4) is 0 Å². The van der Waals surface area contributed by atoms with Gasteiger partial charge in [-0.15, -0.1) is 5.10 Å². The molecule has 4 rings (SSSR count). The van der Waals surface area contributed by atoms with E-state index in [1.807, 2.05) is 0 Å². The van der Waals surface area contributed by atoms with Crippen molar-refractivity contribution in [2.24, 2.45) is 0 Å². The van der Waals surface area contributed by atoms with Gasteiger partial charge in [-0.2, -0.15) is 4.98 Å². The van der Waals surface area contributed by atoms with E-state index in [0.717, 1.165) is 0 Å². The molecule has 2 aliphatic heterocycles. The molecule has 0 saturated carbocycles. The van der Waals surface area contributed by atoms with Crippen LogP contribution in [0.25, 0.3) is 11.2 Å². The first kappa shape index (κ1) is 12.7. The Bertz CT molecular complexity index is 783. The topological polar surface area (TPSA) is 119 Å². The highest BCUT2D eigenvalue weighted by atomic mass is 16.6. The Morgan fingerprint density at radius 2 is 2.10 bits per heavy atom. The van der Waals surface area contributed by atoms with Gasteiger partial charge in [-0.1, -0.05) is 5.21 Å². The molecule has 10 nitrogen and oxygen atoms in total. The Kier molecular flexibility index (Phi) is 2.41. The molecular weight excluding hydrogens is 280 g/mol. The number of hydrogen-bond acceptors (Lipinski definition) is 8. The normalized spacial score (nSPS) is 30.7. The third kappa shape index (κ3) is 1.51. The number of rotatable bonds is 1. The molecule has 2 aromatic heterocycles. The maximum Gasteiger partial charge on any atom is 0.353 e. The molecule has 2 N–H and O–H groups in total. The standard InChI is InChI=1S/C11H14N6O4/c1-15(2)8-5-9-16(14-13-5)3-4-6(18)7(19)10(21-4)17(9)11(20)12-8/h4,6-7,10,18-19H,3H2,1-2H3/t4-,6?,7?,10-/m1/s1. The second-order valence-corrected chi connectivity index (χ2v) is 5.47. The first-order valence-corrected chi connectivity index (χ1v) is 6.53. The summed E-state index contributed by atoms with van der Waals surface area (Å²) in [5.74, 6) is 0.408. The molecule has 4 heterocycles. The summed E-state index contributed by atoms with van der Waals surface area (Å²) < 4.78 is 8.30. The lowest BCUT2D eigenvalue weighted by Crippen LogP contribution is -2.39. The van der Waals surface area contributed by atoms with Gasteiger partial charge in [0, 0.05) is 14.1 Å². The fraction of sp³-hybridized carbons (Fsp3) is 0.636. The maximum absolute atomic E-state index is 12.3. The second kappa shape index (κ2) is 4.00. The fourth-order valence-electron chi connectivity index (χ4n) is 2.91. The summed E-state index contributed by atoms with van der Waals surface area (Å²) >= 11 is 0. The SMILES string of the molecule is CN(C)c1nc(=O)n2c3c1nnn3C[C@H]1O[C@@H]2C(O)C1O. The predicted octanol–water partition coefficient (Wildman–Crippen LogP) is -2.31. The van der Waals surface area contributed by atoms with Gasteiger partial charge in [0.15, 0.2) is 23.2 Å². The van der Waals surface area contributed by atoms with Crippen molar-refractivity contribution >= 4 is 17.0 Å². The molecule has 2 aromatic rings. The molecule has 4 atom stereocenters. The van der Waals surface area contributed by atoms with Crippen molar-refractivity contribution in [3.8, 4) is 0 Å². The Labute approximate surface area is 118 Å². The van der Waals surface area contributed by atoms with Crippen LogP contribution in [0.15, 0.2) is 4.79 Å². The van der Waals surface area contributed by atoms with E-state index in [2.05, 4.69) is 15.3 Å². The van der Waals surface area contributed by atoms with Crippen LogP contribution in [-0.2, 0) is 11.3 Å². The second-order valence-electron chi connectivity index (χ2n) is 5.47. The quantitative estimate of drug-likeness (QED) is 0.602. The first-order valence-electron chi connectivity index (χ1n) is 6.53. The molecule has 0 amide bonds. The summed E-state index contributed by atoms with van der Waals surface area (Å²) in [6.45, 7) is 0.210. The van der Waals surface area contributed by atoms with Crippen LogP contribution in [-0.4, -0.2) is 67.2 Å². The van der Waals surface area contributed by atoms with Gasteiger partial charge >= 0.3 is 5.69 Å². The molecule has 2 unspecified atom stereocenters. The largest absolute Gasteiger partial charge is 0.387 e. The van der Waals surface area contributed by atoms with E-state index < -0.39 is 30.2 Å². The minimum Gasteiger partial charge on any atom is -0.387 e. The smallest absolute Gasteiger partial charge is 0.353 e. The number of ether oxygens (including phenoxy) is 1. The van der Waals surface area contributed by atoms with Crippen LogP contribution in [0.4, 0.5) is 5.82 Å². The molecule has 0 aromatic carbocycles. The lowest BCUT2D eigenvalue weighted by Gasteiger charge is -2.20. The monoisotopic (exact) mass is 294 g/mol. The molecule has 10 heteroatoms. The number of fused-ring (bicyclic) bond motifs is 3. The van der Waals surface area contributed by atoms with E-state index >= 15 is 0 Å². The Balaban J connectivity index is 2.07. The average molecular weight is 294 g/mol. The number of anilines is 1. The summed E-state index contributed by atoms with van der Waals surface area (Å²) in [6, 6.07) is 0. The summed E-state index contributed by atoms with van der Waals surface area (Å²) in [6.07, 6.45) is -3.89. The van der Waals surface area contributed by atoms with Crippen LogP contribution in [0.2, 0.25) is 0 Å². The van der Waals surface area contributed by atoms with E-state index in [-0.39, 0.29) is 6.54 Å². The zero-order valence-electron chi connectivity index (χ0n) is 11.4.